The number of hydrogen-bond acceptors (Lipinski definition) is 5. The third-order valence-corrected chi connectivity index (χ3v) is 4.03. The summed E-state index contributed by atoms with van der Waals surface area (Å²) < 4.78 is 10.8. The van der Waals surface area contributed by atoms with E-state index in [1.807, 2.05) is 6.07 Å². The first-order chi connectivity index (χ1) is 11.2. The molecule has 0 amide bonds. The molecule has 1 fully saturated rings. The van der Waals surface area contributed by atoms with Crippen LogP contribution in [0.1, 0.15) is 37.0 Å². The highest BCUT2D eigenvalue weighted by atomic mass is 16.6. The third kappa shape index (κ3) is 4.79. The van der Waals surface area contributed by atoms with E-state index in [-0.39, 0.29) is 11.9 Å². The van der Waals surface area contributed by atoms with Gasteiger partial charge in [-0.15, -0.1) is 0 Å². The lowest BCUT2D eigenvalue weighted by molar-refractivity contribution is -0.155. The zero-order valence-electron chi connectivity index (χ0n) is 13.9. The van der Waals surface area contributed by atoms with Crippen molar-refractivity contribution in [3.05, 3.63) is 35.9 Å². The average molecular weight is 319 g/mol. The van der Waals surface area contributed by atoms with Crippen LogP contribution in [0.4, 0.5) is 0 Å². The molecule has 5 nitrogen and oxygen atoms in total. The van der Waals surface area contributed by atoms with Gasteiger partial charge in [0.2, 0.25) is 0 Å². The highest BCUT2D eigenvalue weighted by Crippen LogP contribution is 2.23. The van der Waals surface area contributed by atoms with E-state index in [2.05, 4.69) is 11.8 Å². The Hall–Kier alpha value is -1.88. The second-order valence-electron chi connectivity index (χ2n) is 5.76. The minimum atomic E-state index is -0.421. The Morgan fingerprint density at radius 2 is 1.96 bits per heavy atom. The molecule has 2 rings (SSSR count). The molecule has 5 heteroatoms. The molecule has 1 aliphatic heterocycles. The van der Waals surface area contributed by atoms with Crippen molar-refractivity contribution in [3.63, 3.8) is 0 Å². The van der Waals surface area contributed by atoms with E-state index < -0.39 is 12.0 Å². The van der Waals surface area contributed by atoms with E-state index in [1.165, 1.54) is 0 Å². The summed E-state index contributed by atoms with van der Waals surface area (Å²) in [6, 6.07) is 8.87. The number of nitrogens with zero attached hydrogens (tertiary/aromatic N) is 1. The molecule has 126 valence electrons. The topological polar surface area (TPSA) is 55.8 Å². The van der Waals surface area contributed by atoms with Gasteiger partial charge in [0, 0.05) is 13.1 Å². The molecule has 0 unspecified atom stereocenters. The van der Waals surface area contributed by atoms with Crippen LogP contribution in [0.25, 0.3) is 0 Å². The third-order valence-electron chi connectivity index (χ3n) is 4.03. The molecule has 0 radical (unpaired) electrons. The normalized spacial score (nSPS) is 21.7. The first-order valence-corrected chi connectivity index (χ1v) is 8.30. The zero-order valence-corrected chi connectivity index (χ0v) is 13.9. The van der Waals surface area contributed by atoms with Crippen molar-refractivity contribution in [1.29, 1.82) is 0 Å². The molecule has 0 N–H and O–H groups in total. The first kappa shape index (κ1) is 17.5. The summed E-state index contributed by atoms with van der Waals surface area (Å²) in [5.74, 6) is -1.07. The maximum atomic E-state index is 12.3. The van der Waals surface area contributed by atoms with Crippen molar-refractivity contribution in [2.75, 3.05) is 26.2 Å². The fraction of sp³-hybridized carbons (Fsp3) is 0.556. The van der Waals surface area contributed by atoms with Crippen LogP contribution in [0.3, 0.4) is 0 Å². The second kappa shape index (κ2) is 8.67. The van der Waals surface area contributed by atoms with Gasteiger partial charge < -0.3 is 14.4 Å². The van der Waals surface area contributed by atoms with Gasteiger partial charge in [-0.25, -0.2) is 4.79 Å². The molecule has 1 aliphatic rings. The minimum Gasteiger partial charge on any atom is -0.466 e. The largest absolute Gasteiger partial charge is 0.466 e. The van der Waals surface area contributed by atoms with Crippen LogP contribution in [0.15, 0.2) is 30.3 Å². The smallest absolute Gasteiger partial charge is 0.338 e. The lowest BCUT2D eigenvalue weighted by Gasteiger charge is -2.36. The van der Waals surface area contributed by atoms with E-state index in [9.17, 15) is 9.59 Å². The fourth-order valence-corrected chi connectivity index (χ4v) is 2.91. The van der Waals surface area contributed by atoms with Gasteiger partial charge in [-0.1, -0.05) is 25.1 Å². The predicted octanol–water partition coefficient (Wildman–Crippen LogP) is 2.51. The number of hydrogen-bond donors (Lipinski definition) is 0. The van der Waals surface area contributed by atoms with E-state index >= 15 is 0 Å². The SMILES string of the molecule is CCCN1CC[C@H](OC(=O)c2ccccc2)[C@H](C(=O)OCC)C1. The number of likely N-dealkylation sites (tertiary alicyclic amines) is 1. The summed E-state index contributed by atoms with van der Waals surface area (Å²) in [5.41, 5.74) is 0.506. The van der Waals surface area contributed by atoms with Crippen LogP contribution >= 0.6 is 0 Å². The van der Waals surface area contributed by atoms with Gasteiger partial charge in [-0.3, -0.25) is 4.79 Å². The first-order valence-electron chi connectivity index (χ1n) is 8.30. The molecule has 0 saturated carbocycles. The maximum Gasteiger partial charge on any atom is 0.338 e. The summed E-state index contributed by atoms with van der Waals surface area (Å²) in [6.45, 7) is 6.59. The van der Waals surface area contributed by atoms with Gasteiger partial charge in [-0.2, -0.15) is 0 Å². The molecular weight excluding hydrogens is 294 g/mol. The molecule has 1 heterocycles. The number of piperidine rings is 1. The van der Waals surface area contributed by atoms with E-state index in [4.69, 9.17) is 9.47 Å². The van der Waals surface area contributed by atoms with Crippen LogP contribution in [-0.4, -0.2) is 49.2 Å². The van der Waals surface area contributed by atoms with E-state index in [0.29, 0.717) is 25.1 Å². The number of rotatable bonds is 6. The maximum absolute atomic E-state index is 12.3. The lowest BCUT2D eigenvalue weighted by atomic mass is 9.94. The van der Waals surface area contributed by atoms with Crippen molar-refractivity contribution in [2.24, 2.45) is 5.92 Å². The highest BCUT2D eigenvalue weighted by molar-refractivity contribution is 5.89. The lowest BCUT2D eigenvalue weighted by Crippen LogP contribution is -2.48. The van der Waals surface area contributed by atoms with Gasteiger partial charge in [0.1, 0.15) is 12.0 Å². The molecule has 0 aliphatic carbocycles. The van der Waals surface area contributed by atoms with Crippen LogP contribution < -0.4 is 0 Å². The Labute approximate surface area is 137 Å². The number of benzene rings is 1. The van der Waals surface area contributed by atoms with Gasteiger partial charge in [0.25, 0.3) is 0 Å². The van der Waals surface area contributed by atoms with Crippen LogP contribution in [0.2, 0.25) is 0 Å². The molecule has 0 spiro atoms. The summed E-state index contributed by atoms with van der Waals surface area (Å²) in [6.07, 6.45) is 1.27. The monoisotopic (exact) mass is 319 g/mol. The Morgan fingerprint density at radius 1 is 1.22 bits per heavy atom. The van der Waals surface area contributed by atoms with Crippen molar-refractivity contribution < 1.29 is 19.1 Å². The standard InChI is InChI=1S/C18H25NO4/c1-3-11-19-12-10-16(15(13-19)18(21)22-4-2)23-17(20)14-8-6-5-7-9-14/h5-9,15-16H,3-4,10-13H2,1-2H3/t15-,16+/m1/s1. The quantitative estimate of drug-likeness (QED) is 0.754. The molecule has 1 aromatic rings. The van der Waals surface area contributed by atoms with E-state index in [1.54, 1.807) is 31.2 Å². The summed E-state index contributed by atoms with van der Waals surface area (Å²) in [5, 5.41) is 0. The van der Waals surface area contributed by atoms with Crippen molar-refractivity contribution in [1.82, 2.24) is 4.90 Å². The van der Waals surface area contributed by atoms with Gasteiger partial charge >= 0.3 is 11.9 Å². The minimum absolute atomic E-state index is 0.279. The second-order valence-corrected chi connectivity index (χ2v) is 5.76. The van der Waals surface area contributed by atoms with Gasteiger partial charge in [0.05, 0.1) is 12.2 Å². The Morgan fingerprint density at radius 3 is 2.61 bits per heavy atom. The molecular formula is C18H25NO4. The van der Waals surface area contributed by atoms with Crippen LogP contribution in [0, 0.1) is 5.92 Å². The molecule has 0 aromatic heterocycles. The summed E-state index contributed by atoms with van der Waals surface area (Å²) in [4.78, 5) is 26.7. The number of carbonyl (C=O) groups excluding carboxylic acids is 2. The van der Waals surface area contributed by atoms with Crippen molar-refractivity contribution in [3.8, 4) is 0 Å². The number of carbonyl (C=O) groups is 2. The van der Waals surface area contributed by atoms with Crippen molar-refractivity contribution >= 4 is 11.9 Å². The molecule has 23 heavy (non-hydrogen) atoms. The Balaban J connectivity index is 2.05. The highest BCUT2D eigenvalue weighted by Gasteiger charge is 2.37. The number of ether oxygens (including phenoxy) is 2. The van der Waals surface area contributed by atoms with Gasteiger partial charge in [-0.05, 0) is 38.4 Å². The van der Waals surface area contributed by atoms with E-state index in [0.717, 1.165) is 19.5 Å². The summed E-state index contributed by atoms with van der Waals surface area (Å²) in [7, 11) is 0. The predicted molar refractivity (Wildman–Crippen MR) is 87.1 cm³/mol. The molecule has 1 aromatic carbocycles. The Bertz CT molecular complexity index is 517. The number of esters is 2. The van der Waals surface area contributed by atoms with Gasteiger partial charge in [0.15, 0.2) is 0 Å². The Kier molecular flexibility index (Phi) is 6.59. The molecule has 2 atom stereocenters. The van der Waals surface area contributed by atoms with Crippen LogP contribution in [-0.2, 0) is 14.3 Å². The molecule has 1 saturated heterocycles. The van der Waals surface area contributed by atoms with Crippen molar-refractivity contribution in [2.45, 2.75) is 32.8 Å². The zero-order chi connectivity index (χ0) is 16.7. The molecule has 0 bridgehead atoms. The fourth-order valence-electron chi connectivity index (χ4n) is 2.91. The summed E-state index contributed by atoms with van der Waals surface area (Å²) >= 11 is 0. The van der Waals surface area contributed by atoms with Crippen LogP contribution in [0.5, 0.6) is 0 Å². The average Bonchev–Trinajstić information content (AvgIpc) is 2.57.